The van der Waals surface area contributed by atoms with Gasteiger partial charge in [0.15, 0.2) is 9.84 Å². The van der Waals surface area contributed by atoms with E-state index in [-0.39, 0.29) is 5.92 Å². The lowest BCUT2D eigenvalue weighted by molar-refractivity contribution is 0.479. The molecule has 0 aromatic heterocycles. The third kappa shape index (κ3) is 3.08. The van der Waals surface area contributed by atoms with E-state index in [0.717, 1.165) is 19.3 Å². The molecule has 12 heavy (non-hydrogen) atoms. The van der Waals surface area contributed by atoms with Crippen LogP contribution in [-0.4, -0.2) is 26.5 Å². The van der Waals surface area contributed by atoms with Crippen molar-refractivity contribution < 1.29 is 8.42 Å². The number of nitrogens with two attached hydrogens (primary N) is 1. The third-order valence-corrected chi connectivity index (χ3v) is 4.10. The minimum absolute atomic E-state index is 0.211. The SMILES string of the molecule is NNCC1CCCCS(=O)(=O)C1. The highest BCUT2D eigenvalue weighted by Crippen LogP contribution is 2.16. The lowest BCUT2D eigenvalue weighted by Crippen LogP contribution is -2.31. The summed E-state index contributed by atoms with van der Waals surface area (Å²) in [6.45, 7) is 0.610. The Hall–Kier alpha value is -0.130. The highest BCUT2D eigenvalue weighted by atomic mass is 32.2. The average molecular weight is 192 g/mol. The van der Waals surface area contributed by atoms with Crippen LogP contribution >= 0.6 is 0 Å². The molecule has 0 aliphatic carbocycles. The average Bonchev–Trinajstić information content (AvgIpc) is 2.11. The first-order chi connectivity index (χ1) is 5.64. The molecule has 1 atom stereocenters. The second-order valence-electron chi connectivity index (χ2n) is 3.38. The van der Waals surface area contributed by atoms with Gasteiger partial charge in [0, 0.05) is 6.54 Å². The van der Waals surface area contributed by atoms with Gasteiger partial charge in [0.05, 0.1) is 11.5 Å². The van der Waals surface area contributed by atoms with Crippen LogP contribution in [0.15, 0.2) is 0 Å². The van der Waals surface area contributed by atoms with Gasteiger partial charge in [0.25, 0.3) is 0 Å². The highest BCUT2D eigenvalue weighted by molar-refractivity contribution is 7.91. The fourth-order valence-electron chi connectivity index (χ4n) is 1.61. The van der Waals surface area contributed by atoms with Gasteiger partial charge in [-0.3, -0.25) is 11.3 Å². The van der Waals surface area contributed by atoms with Crippen molar-refractivity contribution in [3.63, 3.8) is 0 Å². The van der Waals surface area contributed by atoms with Crippen molar-refractivity contribution in [3.8, 4) is 0 Å². The zero-order chi connectivity index (χ0) is 9.03. The molecular formula is C7H16N2O2S. The first-order valence-corrected chi connectivity index (χ1v) is 6.10. The van der Waals surface area contributed by atoms with Crippen LogP contribution in [0.1, 0.15) is 19.3 Å². The minimum atomic E-state index is -2.79. The largest absolute Gasteiger partial charge is 0.271 e. The molecule has 0 spiro atoms. The van der Waals surface area contributed by atoms with Gasteiger partial charge in [-0.15, -0.1) is 0 Å². The summed E-state index contributed by atoms with van der Waals surface area (Å²) >= 11 is 0. The number of sulfone groups is 1. The van der Waals surface area contributed by atoms with Crippen molar-refractivity contribution in [1.82, 2.24) is 5.43 Å². The van der Waals surface area contributed by atoms with E-state index >= 15 is 0 Å². The Bertz CT molecular complexity index is 226. The quantitative estimate of drug-likeness (QED) is 0.464. The molecule has 0 radical (unpaired) electrons. The lowest BCUT2D eigenvalue weighted by Gasteiger charge is -2.11. The van der Waals surface area contributed by atoms with E-state index in [2.05, 4.69) is 5.43 Å². The Balaban J connectivity index is 2.54. The second kappa shape index (κ2) is 4.20. The Labute approximate surface area is 73.4 Å². The summed E-state index contributed by atoms with van der Waals surface area (Å²) in [7, 11) is -2.79. The zero-order valence-corrected chi connectivity index (χ0v) is 7.94. The maximum atomic E-state index is 11.3. The van der Waals surface area contributed by atoms with E-state index in [9.17, 15) is 8.42 Å². The van der Waals surface area contributed by atoms with Crippen molar-refractivity contribution in [3.05, 3.63) is 0 Å². The molecule has 5 heteroatoms. The van der Waals surface area contributed by atoms with E-state index in [4.69, 9.17) is 5.84 Å². The van der Waals surface area contributed by atoms with Crippen molar-refractivity contribution in [1.29, 1.82) is 0 Å². The molecule has 1 aliphatic rings. The number of nitrogens with one attached hydrogen (secondary N) is 1. The van der Waals surface area contributed by atoms with Crippen LogP contribution in [0.3, 0.4) is 0 Å². The van der Waals surface area contributed by atoms with E-state index < -0.39 is 9.84 Å². The van der Waals surface area contributed by atoms with Crippen LogP contribution < -0.4 is 11.3 Å². The predicted octanol–water partition coefficient (Wildman–Crippen LogP) is -0.335. The maximum absolute atomic E-state index is 11.3. The van der Waals surface area contributed by atoms with Crippen LogP contribution in [0, 0.1) is 5.92 Å². The summed E-state index contributed by atoms with van der Waals surface area (Å²) in [5.41, 5.74) is 2.54. The summed E-state index contributed by atoms with van der Waals surface area (Å²) in [5, 5.41) is 0. The maximum Gasteiger partial charge on any atom is 0.150 e. The molecule has 1 aliphatic heterocycles. The smallest absolute Gasteiger partial charge is 0.150 e. The van der Waals surface area contributed by atoms with Gasteiger partial charge in [-0.25, -0.2) is 8.42 Å². The number of hydrogen-bond acceptors (Lipinski definition) is 4. The number of hydrazine groups is 1. The summed E-state index contributed by atoms with van der Waals surface area (Å²) < 4.78 is 22.6. The molecule has 0 aromatic carbocycles. The molecule has 4 nitrogen and oxygen atoms in total. The van der Waals surface area contributed by atoms with Crippen LogP contribution in [0.4, 0.5) is 0 Å². The van der Waals surface area contributed by atoms with Gasteiger partial charge in [0.1, 0.15) is 0 Å². The van der Waals surface area contributed by atoms with Gasteiger partial charge < -0.3 is 0 Å². The minimum Gasteiger partial charge on any atom is -0.271 e. The molecule has 0 saturated carbocycles. The predicted molar refractivity (Wildman–Crippen MR) is 48.2 cm³/mol. The highest BCUT2D eigenvalue weighted by Gasteiger charge is 2.21. The molecule has 1 unspecified atom stereocenters. The molecule has 0 aromatic rings. The summed E-state index contributed by atoms with van der Waals surface area (Å²) in [6.07, 6.45) is 2.79. The molecule has 0 bridgehead atoms. The lowest BCUT2D eigenvalue weighted by atomic mass is 10.1. The Kier molecular flexibility index (Phi) is 3.49. The first kappa shape index (κ1) is 9.95. The van der Waals surface area contributed by atoms with Gasteiger partial charge in [-0.1, -0.05) is 6.42 Å². The fraction of sp³-hybridized carbons (Fsp3) is 1.00. The van der Waals surface area contributed by atoms with Gasteiger partial charge in [-0.05, 0) is 18.8 Å². The first-order valence-electron chi connectivity index (χ1n) is 4.28. The topological polar surface area (TPSA) is 72.2 Å². The van der Waals surface area contributed by atoms with Crippen LogP contribution in [0.25, 0.3) is 0 Å². The fourth-order valence-corrected chi connectivity index (χ4v) is 3.42. The van der Waals surface area contributed by atoms with Crippen molar-refractivity contribution in [2.24, 2.45) is 11.8 Å². The molecule has 1 saturated heterocycles. The normalized spacial score (nSPS) is 29.6. The zero-order valence-electron chi connectivity index (χ0n) is 7.12. The Morgan fingerprint density at radius 2 is 2.17 bits per heavy atom. The molecule has 1 heterocycles. The van der Waals surface area contributed by atoms with Gasteiger partial charge >= 0.3 is 0 Å². The van der Waals surface area contributed by atoms with E-state index in [1.165, 1.54) is 0 Å². The molecule has 1 fully saturated rings. The number of hydrogen-bond donors (Lipinski definition) is 2. The van der Waals surface area contributed by atoms with Crippen LogP contribution in [0.2, 0.25) is 0 Å². The molecule has 0 amide bonds. The summed E-state index contributed by atoms with van der Waals surface area (Å²) in [6, 6.07) is 0. The van der Waals surface area contributed by atoms with E-state index in [0.29, 0.717) is 18.1 Å². The third-order valence-electron chi connectivity index (χ3n) is 2.21. The molecule has 3 N–H and O–H groups in total. The Morgan fingerprint density at radius 1 is 1.42 bits per heavy atom. The van der Waals surface area contributed by atoms with Crippen LogP contribution in [0.5, 0.6) is 0 Å². The van der Waals surface area contributed by atoms with Crippen molar-refractivity contribution in [2.75, 3.05) is 18.1 Å². The monoisotopic (exact) mass is 192 g/mol. The molecule has 72 valence electrons. The second-order valence-corrected chi connectivity index (χ2v) is 5.61. The van der Waals surface area contributed by atoms with Crippen molar-refractivity contribution >= 4 is 9.84 Å². The molecular weight excluding hydrogens is 176 g/mol. The van der Waals surface area contributed by atoms with E-state index in [1.54, 1.807) is 0 Å². The standard InChI is InChI=1S/C7H16N2O2S/c8-9-5-7-3-1-2-4-12(10,11)6-7/h7,9H,1-6,8H2. The van der Waals surface area contributed by atoms with Crippen LogP contribution in [-0.2, 0) is 9.84 Å². The molecule has 1 rings (SSSR count). The summed E-state index contributed by atoms with van der Waals surface area (Å²) in [4.78, 5) is 0. The Morgan fingerprint density at radius 3 is 2.83 bits per heavy atom. The van der Waals surface area contributed by atoms with Crippen molar-refractivity contribution in [2.45, 2.75) is 19.3 Å². The number of rotatable bonds is 2. The van der Waals surface area contributed by atoms with Gasteiger partial charge in [-0.2, -0.15) is 0 Å². The van der Waals surface area contributed by atoms with E-state index in [1.807, 2.05) is 0 Å². The summed E-state index contributed by atoms with van der Waals surface area (Å²) in [5.74, 6) is 6.02. The van der Waals surface area contributed by atoms with Gasteiger partial charge in [0.2, 0.25) is 0 Å².